The lowest BCUT2D eigenvalue weighted by Gasteiger charge is -2.20. The van der Waals surface area contributed by atoms with Gasteiger partial charge in [0.2, 0.25) is 0 Å². The van der Waals surface area contributed by atoms with Crippen LogP contribution in [0.1, 0.15) is 29.8 Å². The molecule has 1 aromatic carbocycles. The second-order valence-corrected chi connectivity index (χ2v) is 5.43. The number of methoxy groups -OCH3 is 1. The first-order valence-electron chi connectivity index (χ1n) is 6.84. The number of aromatic amines is 1. The maximum atomic E-state index is 12.5. The molecule has 0 unspecified atom stereocenters. The van der Waals surface area contributed by atoms with E-state index in [2.05, 4.69) is 4.98 Å². The highest BCUT2D eigenvalue weighted by Gasteiger charge is 2.26. The Labute approximate surface area is 123 Å². The molecule has 0 atom stereocenters. The predicted molar refractivity (Wildman–Crippen MR) is 81.8 cm³/mol. The van der Waals surface area contributed by atoms with Crippen LogP contribution in [0.2, 0.25) is 0 Å². The quantitative estimate of drug-likeness (QED) is 0.694. The van der Waals surface area contributed by atoms with Crippen LogP contribution in [-0.2, 0) is 4.79 Å². The summed E-state index contributed by atoms with van der Waals surface area (Å²) in [6, 6.07) is 3.74. The average Bonchev–Trinajstić information content (AvgIpc) is 2.87. The van der Waals surface area contributed by atoms with Crippen LogP contribution in [0.5, 0.6) is 5.75 Å². The number of nitrogens with zero attached hydrogens (tertiary/aromatic N) is 1. The molecule has 0 spiro atoms. The van der Waals surface area contributed by atoms with Crippen molar-refractivity contribution in [3.05, 3.63) is 29.5 Å². The number of Topliss-reactive ketones (excluding diaryl/α,β-unsaturated/α-hetero) is 1. The van der Waals surface area contributed by atoms with Crippen LogP contribution in [0.15, 0.2) is 18.3 Å². The first-order valence-corrected chi connectivity index (χ1v) is 6.84. The van der Waals surface area contributed by atoms with Crippen LogP contribution < -0.4 is 4.74 Å². The molecule has 2 rings (SSSR count). The van der Waals surface area contributed by atoms with Gasteiger partial charge >= 0.3 is 0 Å². The fraction of sp³-hybridized carbons (Fsp3) is 0.375. The zero-order valence-electron chi connectivity index (χ0n) is 13.0. The molecule has 0 aliphatic rings. The van der Waals surface area contributed by atoms with Gasteiger partial charge < -0.3 is 14.6 Å². The van der Waals surface area contributed by atoms with Crippen molar-refractivity contribution >= 4 is 22.6 Å². The monoisotopic (exact) mass is 288 g/mol. The van der Waals surface area contributed by atoms with Crippen molar-refractivity contribution in [2.24, 2.45) is 0 Å². The number of likely N-dealkylation sites (N-methyl/N-ethyl adjacent to an activating group) is 1. The molecule has 0 radical (unpaired) electrons. The van der Waals surface area contributed by atoms with Crippen LogP contribution in [0.25, 0.3) is 10.9 Å². The van der Waals surface area contributed by atoms with E-state index >= 15 is 0 Å². The van der Waals surface area contributed by atoms with Crippen LogP contribution in [-0.4, -0.2) is 41.8 Å². The van der Waals surface area contributed by atoms with Gasteiger partial charge in [-0.25, -0.2) is 0 Å². The Bertz CT molecular complexity index is 701. The summed E-state index contributed by atoms with van der Waals surface area (Å²) in [6.45, 7) is 5.68. The summed E-state index contributed by atoms with van der Waals surface area (Å²) in [6.07, 6.45) is 1.57. The van der Waals surface area contributed by atoms with Gasteiger partial charge in [-0.2, -0.15) is 0 Å². The van der Waals surface area contributed by atoms with Gasteiger partial charge in [0.25, 0.3) is 11.7 Å². The Morgan fingerprint density at radius 3 is 2.52 bits per heavy atom. The number of nitrogens with one attached hydrogen (secondary N) is 1. The summed E-state index contributed by atoms with van der Waals surface area (Å²) in [5.41, 5.74) is 2.15. The summed E-state index contributed by atoms with van der Waals surface area (Å²) in [5, 5.41) is 0.651. The van der Waals surface area contributed by atoms with Crippen molar-refractivity contribution in [3.63, 3.8) is 0 Å². The Kier molecular flexibility index (Phi) is 4.02. The van der Waals surface area contributed by atoms with Crippen LogP contribution in [0, 0.1) is 6.92 Å². The highest BCUT2D eigenvalue weighted by atomic mass is 16.5. The van der Waals surface area contributed by atoms with Gasteiger partial charge in [-0.3, -0.25) is 9.59 Å². The fourth-order valence-electron chi connectivity index (χ4n) is 2.22. The third-order valence-electron chi connectivity index (χ3n) is 3.64. The van der Waals surface area contributed by atoms with Gasteiger partial charge in [0, 0.05) is 19.3 Å². The number of rotatable bonds is 4. The van der Waals surface area contributed by atoms with E-state index in [1.54, 1.807) is 20.4 Å². The minimum Gasteiger partial charge on any atom is -0.496 e. The fourth-order valence-corrected chi connectivity index (χ4v) is 2.22. The van der Waals surface area contributed by atoms with E-state index in [1.165, 1.54) is 4.90 Å². The minimum absolute atomic E-state index is 0.0317. The van der Waals surface area contributed by atoms with Crippen molar-refractivity contribution in [1.82, 2.24) is 9.88 Å². The molecular weight excluding hydrogens is 268 g/mol. The van der Waals surface area contributed by atoms with Gasteiger partial charge in [0.1, 0.15) is 5.75 Å². The second-order valence-electron chi connectivity index (χ2n) is 5.43. The highest BCUT2D eigenvalue weighted by molar-refractivity contribution is 6.45. The largest absolute Gasteiger partial charge is 0.496 e. The smallest absolute Gasteiger partial charge is 0.295 e. The maximum absolute atomic E-state index is 12.5. The molecule has 0 saturated carbocycles. The number of carbonyl (C=O) groups is 2. The van der Waals surface area contributed by atoms with Gasteiger partial charge in [0.05, 0.1) is 23.6 Å². The predicted octanol–water partition coefficient (Wildman–Crippen LogP) is 2.53. The van der Waals surface area contributed by atoms with E-state index in [0.717, 1.165) is 11.1 Å². The number of aromatic nitrogens is 1. The molecule has 2 aromatic rings. The zero-order valence-corrected chi connectivity index (χ0v) is 13.0. The molecule has 1 N–H and O–H groups in total. The molecular formula is C16H20N2O3. The Hall–Kier alpha value is -2.30. The molecule has 21 heavy (non-hydrogen) atoms. The molecule has 1 heterocycles. The number of ketones is 1. The minimum atomic E-state index is -0.528. The Balaban J connectivity index is 2.52. The molecule has 0 bridgehead atoms. The number of aryl methyl sites for hydroxylation is 1. The third-order valence-corrected chi connectivity index (χ3v) is 3.64. The van der Waals surface area contributed by atoms with E-state index in [1.807, 2.05) is 32.9 Å². The molecule has 0 fully saturated rings. The number of ether oxygens (including phenoxy) is 1. The number of hydrogen-bond acceptors (Lipinski definition) is 3. The number of carbonyl (C=O) groups excluding carboxylic acids is 2. The summed E-state index contributed by atoms with van der Waals surface area (Å²) in [5.74, 6) is -0.456. The summed E-state index contributed by atoms with van der Waals surface area (Å²) in [4.78, 5) is 29.1. The van der Waals surface area contributed by atoms with E-state index < -0.39 is 11.7 Å². The second kappa shape index (κ2) is 5.60. The summed E-state index contributed by atoms with van der Waals surface area (Å²) >= 11 is 0. The van der Waals surface area contributed by atoms with E-state index in [0.29, 0.717) is 16.7 Å². The standard InChI is InChI=1S/C16H20N2O3/c1-9(2)18(4)16(20)15(19)11-8-17-12-6-10(3)7-13(21-5)14(11)12/h6-9,17H,1-5H3. The molecule has 0 saturated heterocycles. The van der Waals surface area contributed by atoms with E-state index in [-0.39, 0.29) is 6.04 Å². The topological polar surface area (TPSA) is 62.4 Å². The molecule has 5 nitrogen and oxygen atoms in total. The highest BCUT2D eigenvalue weighted by Crippen LogP contribution is 2.30. The van der Waals surface area contributed by atoms with Gasteiger partial charge in [-0.1, -0.05) is 0 Å². The van der Waals surface area contributed by atoms with E-state index in [9.17, 15) is 9.59 Å². The number of fused-ring (bicyclic) bond motifs is 1. The average molecular weight is 288 g/mol. The Morgan fingerprint density at radius 1 is 1.29 bits per heavy atom. The lowest BCUT2D eigenvalue weighted by molar-refractivity contribution is -0.126. The first kappa shape index (κ1) is 15.1. The number of amides is 1. The number of hydrogen-bond donors (Lipinski definition) is 1. The van der Waals surface area contributed by atoms with Crippen molar-refractivity contribution in [2.75, 3.05) is 14.2 Å². The molecule has 5 heteroatoms. The first-order chi connectivity index (χ1) is 9.86. The normalized spacial score (nSPS) is 11.0. The molecule has 1 amide bonds. The van der Waals surface area contributed by atoms with Crippen LogP contribution in [0.3, 0.4) is 0 Å². The van der Waals surface area contributed by atoms with Crippen LogP contribution >= 0.6 is 0 Å². The zero-order chi connectivity index (χ0) is 15.7. The number of benzene rings is 1. The Morgan fingerprint density at radius 2 is 1.95 bits per heavy atom. The third kappa shape index (κ3) is 2.63. The van der Waals surface area contributed by atoms with Crippen molar-refractivity contribution in [2.45, 2.75) is 26.8 Å². The maximum Gasteiger partial charge on any atom is 0.295 e. The molecule has 0 aliphatic carbocycles. The number of H-pyrrole nitrogens is 1. The van der Waals surface area contributed by atoms with E-state index in [4.69, 9.17) is 4.74 Å². The molecule has 112 valence electrons. The molecule has 0 aliphatic heterocycles. The van der Waals surface area contributed by atoms with Crippen molar-refractivity contribution in [3.8, 4) is 5.75 Å². The van der Waals surface area contributed by atoms with Gasteiger partial charge in [-0.15, -0.1) is 0 Å². The van der Waals surface area contributed by atoms with Crippen molar-refractivity contribution < 1.29 is 14.3 Å². The SMILES string of the molecule is COc1cc(C)cc2[nH]cc(C(=O)C(=O)N(C)C(C)C)c12. The molecule has 1 aromatic heterocycles. The van der Waals surface area contributed by atoms with Gasteiger partial charge in [0.15, 0.2) is 0 Å². The summed E-state index contributed by atoms with van der Waals surface area (Å²) < 4.78 is 5.35. The van der Waals surface area contributed by atoms with Crippen molar-refractivity contribution in [1.29, 1.82) is 0 Å². The lowest BCUT2D eigenvalue weighted by atomic mass is 10.1. The lowest BCUT2D eigenvalue weighted by Crippen LogP contribution is -2.38. The van der Waals surface area contributed by atoms with Crippen LogP contribution in [0.4, 0.5) is 0 Å². The summed E-state index contributed by atoms with van der Waals surface area (Å²) in [7, 11) is 3.18. The van der Waals surface area contributed by atoms with Gasteiger partial charge in [-0.05, 0) is 38.5 Å².